The van der Waals surface area contributed by atoms with Gasteiger partial charge in [-0.3, -0.25) is 17.5 Å². The molecule has 0 aromatic rings. The van der Waals surface area contributed by atoms with Gasteiger partial charge >= 0.3 is 0 Å². The summed E-state index contributed by atoms with van der Waals surface area (Å²) in [7, 11) is -18.9. The van der Waals surface area contributed by atoms with Gasteiger partial charge in [-0.15, -0.1) is 0 Å². The first kappa shape index (κ1) is 25.6. The van der Waals surface area contributed by atoms with Crippen molar-refractivity contribution in [3.63, 3.8) is 0 Å². The van der Waals surface area contributed by atoms with E-state index in [1.54, 1.807) is 0 Å². The van der Waals surface area contributed by atoms with Crippen molar-refractivity contribution in [1.82, 2.24) is 0 Å². The van der Waals surface area contributed by atoms with Crippen molar-refractivity contribution in [3.8, 4) is 0 Å². The first-order valence-corrected chi connectivity index (χ1v) is 13.2. The third-order valence-electron chi connectivity index (χ3n) is 3.01. The zero-order valence-electron chi connectivity index (χ0n) is 14.0. The SMILES string of the molecule is CCC(S(=O)(=O)O)S(=O)(=O)OCCCCOS(=O)(=O)C(CC)S(=O)(=O)O. The molecule has 0 heterocycles. The Morgan fingerprint density at radius 1 is 0.654 bits per heavy atom. The van der Waals surface area contributed by atoms with Crippen LogP contribution < -0.4 is 0 Å². The Hall–Kier alpha value is -0.360. The zero-order chi connectivity index (χ0) is 20.8. The predicted molar refractivity (Wildman–Crippen MR) is 90.2 cm³/mol. The van der Waals surface area contributed by atoms with Gasteiger partial charge in [-0.2, -0.15) is 33.7 Å². The van der Waals surface area contributed by atoms with Gasteiger partial charge in [0.1, 0.15) is 0 Å². The van der Waals surface area contributed by atoms with Crippen molar-refractivity contribution in [2.24, 2.45) is 0 Å². The summed E-state index contributed by atoms with van der Waals surface area (Å²) in [5.74, 6) is 0. The van der Waals surface area contributed by atoms with Gasteiger partial charge in [-0.05, 0) is 25.7 Å². The van der Waals surface area contributed by atoms with Crippen molar-refractivity contribution < 1.29 is 51.1 Å². The lowest BCUT2D eigenvalue weighted by atomic mass is 10.3. The summed E-state index contributed by atoms with van der Waals surface area (Å²) in [6, 6.07) is 0. The number of hydrogen-bond acceptors (Lipinski definition) is 10. The minimum absolute atomic E-state index is 0.0701. The Labute approximate surface area is 153 Å². The molecular formula is C10H22O12S4. The first-order chi connectivity index (χ1) is 11.6. The molecule has 0 aromatic heterocycles. The van der Waals surface area contributed by atoms with Crippen LogP contribution in [0.5, 0.6) is 0 Å². The van der Waals surface area contributed by atoms with E-state index in [1.165, 1.54) is 13.8 Å². The third kappa shape index (κ3) is 8.12. The van der Waals surface area contributed by atoms with E-state index in [-0.39, 0.29) is 12.8 Å². The second-order valence-electron chi connectivity index (χ2n) is 5.04. The molecule has 0 saturated heterocycles. The summed E-state index contributed by atoms with van der Waals surface area (Å²) in [4.78, 5) is 0. The Bertz CT molecular complexity index is 779. The molecule has 26 heavy (non-hydrogen) atoms. The highest BCUT2D eigenvalue weighted by atomic mass is 32.3. The molecule has 0 spiro atoms. The molecule has 0 aliphatic carbocycles. The van der Waals surface area contributed by atoms with E-state index >= 15 is 0 Å². The van der Waals surface area contributed by atoms with E-state index in [0.717, 1.165) is 0 Å². The molecule has 0 aromatic carbocycles. The first-order valence-electron chi connectivity index (χ1n) is 7.28. The topological polar surface area (TPSA) is 195 Å². The van der Waals surface area contributed by atoms with Crippen LogP contribution in [0, 0.1) is 0 Å². The predicted octanol–water partition coefficient (Wildman–Crippen LogP) is -0.293. The van der Waals surface area contributed by atoms with Gasteiger partial charge in [0.25, 0.3) is 40.5 Å². The van der Waals surface area contributed by atoms with Gasteiger partial charge in [-0.25, -0.2) is 0 Å². The minimum atomic E-state index is -4.86. The molecule has 0 aliphatic rings. The summed E-state index contributed by atoms with van der Waals surface area (Å²) < 4.78 is 113. The standard InChI is InChI=1S/C10H22O12S4/c1-3-9(23(11,12)13)25(17,18)21-7-5-6-8-22-26(19,20)10(4-2)24(14,15)16/h9-10H,3-8H2,1-2H3,(H,11,12,13)(H,14,15,16). The second-order valence-corrected chi connectivity index (χ2v) is 12.4. The Morgan fingerprint density at radius 2 is 0.923 bits per heavy atom. The van der Waals surface area contributed by atoms with Gasteiger partial charge in [0.05, 0.1) is 13.2 Å². The number of unbranched alkanes of at least 4 members (excludes halogenated alkanes) is 1. The molecular weight excluding hydrogens is 440 g/mol. The fourth-order valence-corrected chi connectivity index (χ4v) is 7.21. The second kappa shape index (κ2) is 9.72. The summed E-state index contributed by atoms with van der Waals surface area (Å²) in [5.41, 5.74) is 0. The van der Waals surface area contributed by atoms with Crippen LogP contribution in [0.3, 0.4) is 0 Å². The lowest BCUT2D eigenvalue weighted by Crippen LogP contribution is -2.31. The quantitative estimate of drug-likeness (QED) is 0.206. The maximum Gasteiger partial charge on any atom is 0.287 e. The van der Waals surface area contributed by atoms with Crippen LogP contribution in [0.25, 0.3) is 0 Å². The van der Waals surface area contributed by atoms with E-state index in [0.29, 0.717) is 0 Å². The van der Waals surface area contributed by atoms with Gasteiger partial charge in [0, 0.05) is 0 Å². The van der Waals surface area contributed by atoms with Crippen molar-refractivity contribution in [2.45, 2.75) is 48.7 Å². The van der Waals surface area contributed by atoms with E-state index in [9.17, 15) is 33.7 Å². The van der Waals surface area contributed by atoms with Crippen LogP contribution in [-0.2, 0) is 48.8 Å². The van der Waals surface area contributed by atoms with Crippen LogP contribution in [0.2, 0.25) is 0 Å². The average molecular weight is 463 g/mol. The average Bonchev–Trinajstić information content (AvgIpc) is 2.39. The molecule has 158 valence electrons. The van der Waals surface area contributed by atoms with Crippen LogP contribution >= 0.6 is 0 Å². The molecule has 0 aliphatic heterocycles. The van der Waals surface area contributed by atoms with Gasteiger partial charge in [0.15, 0.2) is 0 Å². The maximum absolute atomic E-state index is 11.7. The zero-order valence-corrected chi connectivity index (χ0v) is 17.3. The third-order valence-corrected chi connectivity index (χ3v) is 10.8. The molecule has 2 unspecified atom stereocenters. The van der Waals surface area contributed by atoms with Gasteiger partial charge < -0.3 is 0 Å². The largest absolute Gasteiger partial charge is 0.287 e. The molecule has 2 N–H and O–H groups in total. The van der Waals surface area contributed by atoms with E-state index < -0.39 is 75.7 Å². The molecule has 0 rings (SSSR count). The Balaban J connectivity index is 4.54. The lowest BCUT2D eigenvalue weighted by molar-refractivity contribution is 0.268. The van der Waals surface area contributed by atoms with Crippen molar-refractivity contribution >= 4 is 40.5 Å². The number of rotatable bonds is 13. The Morgan fingerprint density at radius 3 is 1.12 bits per heavy atom. The highest BCUT2D eigenvalue weighted by molar-refractivity contribution is 8.04. The molecule has 0 saturated carbocycles. The van der Waals surface area contributed by atoms with Crippen LogP contribution in [-0.4, -0.2) is 65.2 Å². The summed E-state index contributed by atoms with van der Waals surface area (Å²) in [6.07, 6.45) is -1.01. The molecule has 12 nitrogen and oxygen atoms in total. The summed E-state index contributed by atoms with van der Waals surface area (Å²) in [5, 5.41) is 0. The van der Waals surface area contributed by atoms with Gasteiger partial charge in [-0.1, -0.05) is 13.8 Å². The smallest absolute Gasteiger partial charge is 0.284 e. The van der Waals surface area contributed by atoms with Crippen molar-refractivity contribution in [1.29, 1.82) is 0 Å². The Kier molecular flexibility index (Phi) is 9.58. The van der Waals surface area contributed by atoms with E-state index in [1.807, 2.05) is 0 Å². The van der Waals surface area contributed by atoms with Gasteiger partial charge in [0.2, 0.25) is 9.16 Å². The summed E-state index contributed by atoms with van der Waals surface area (Å²) >= 11 is 0. The van der Waals surface area contributed by atoms with Crippen molar-refractivity contribution in [2.75, 3.05) is 13.2 Å². The van der Waals surface area contributed by atoms with Crippen molar-refractivity contribution in [3.05, 3.63) is 0 Å². The van der Waals surface area contributed by atoms with Crippen LogP contribution in [0.4, 0.5) is 0 Å². The highest BCUT2D eigenvalue weighted by Crippen LogP contribution is 2.16. The minimum Gasteiger partial charge on any atom is -0.284 e. The molecule has 0 bridgehead atoms. The molecule has 2 atom stereocenters. The maximum atomic E-state index is 11.7. The van der Waals surface area contributed by atoms with E-state index in [2.05, 4.69) is 8.37 Å². The molecule has 0 amide bonds. The van der Waals surface area contributed by atoms with E-state index in [4.69, 9.17) is 9.11 Å². The number of hydrogen-bond donors (Lipinski definition) is 2. The molecule has 16 heteroatoms. The monoisotopic (exact) mass is 462 g/mol. The van der Waals surface area contributed by atoms with Crippen LogP contribution in [0.1, 0.15) is 39.5 Å². The fraction of sp³-hybridized carbons (Fsp3) is 1.00. The highest BCUT2D eigenvalue weighted by Gasteiger charge is 2.37. The normalized spacial score (nSPS) is 16.3. The molecule has 0 radical (unpaired) electrons. The van der Waals surface area contributed by atoms with Crippen LogP contribution in [0.15, 0.2) is 0 Å². The lowest BCUT2D eigenvalue weighted by Gasteiger charge is -2.13. The molecule has 0 fully saturated rings. The summed E-state index contributed by atoms with van der Waals surface area (Å²) in [6.45, 7) is 1.43. The fourth-order valence-electron chi connectivity index (χ4n) is 1.83.